The molecule has 2 N–H and O–H groups in total. The number of aliphatic hydroxyl groups is 2. The van der Waals surface area contributed by atoms with Crippen molar-refractivity contribution in [1.82, 2.24) is 4.31 Å². The highest BCUT2D eigenvalue weighted by Gasteiger charge is 2.34. The van der Waals surface area contributed by atoms with Crippen LogP contribution >= 0.6 is 0 Å². The van der Waals surface area contributed by atoms with Crippen molar-refractivity contribution in [1.29, 1.82) is 0 Å². The summed E-state index contributed by atoms with van der Waals surface area (Å²) in [4.78, 5) is 0. The van der Waals surface area contributed by atoms with Gasteiger partial charge in [-0.15, -0.1) is 0 Å². The summed E-state index contributed by atoms with van der Waals surface area (Å²) in [5, 5.41) is 18.3. The molecule has 1 saturated heterocycles. The van der Waals surface area contributed by atoms with E-state index in [-0.39, 0.29) is 12.4 Å². The maximum absolute atomic E-state index is 11.6. The van der Waals surface area contributed by atoms with E-state index < -0.39 is 22.2 Å². The Kier molecular flexibility index (Phi) is 3.88. The van der Waals surface area contributed by atoms with Crippen molar-refractivity contribution in [3.63, 3.8) is 0 Å². The van der Waals surface area contributed by atoms with Gasteiger partial charge in [-0.05, 0) is 19.8 Å². The molecule has 0 aliphatic carbocycles. The Balaban J connectivity index is 2.82. The Morgan fingerprint density at radius 1 is 1.43 bits per heavy atom. The molecule has 6 heteroatoms. The smallest absolute Gasteiger partial charge is 0.214 e. The second kappa shape index (κ2) is 4.57. The molecule has 0 spiro atoms. The van der Waals surface area contributed by atoms with Crippen molar-refractivity contribution in [2.24, 2.45) is 0 Å². The lowest BCUT2D eigenvalue weighted by atomic mass is 10.2. The van der Waals surface area contributed by atoms with E-state index in [2.05, 4.69) is 0 Å². The van der Waals surface area contributed by atoms with E-state index in [9.17, 15) is 13.5 Å². The predicted octanol–water partition coefficient (Wildman–Crippen LogP) is -0.846. The van der Waals surface area contributed by atoms with Crippen LogP contribution in [0, 0.1) is 0 Å². The van der Waals surface area contributed by atoms with Crippen LogP contribution in [0.4, 0.5) is 0 Å². The predicted molar refractivity (Wildman–Crippen MR) is 52.3 cm³/mol. The number of sulfonamides is 1. The molecule has 2 atom stereocenters. The second-order valence-corrected chi connectivity index (χ2v) is 5.67. The first-order valence-electron chi connectivity index (χ1n) is 4.77. The largest absolute Gasteiger partial charge is 0.395 e. The van der Waals surface area contributed by atoms with Gasteiger partial charge in [0.05, 0.1) is 24.5 Å². The molecule has 5 nitrogen and oxygen atoms in total. The summed E-state index contributed by atoms with van der Waals surface area (Å²) >= 11 is 0. The lowest BCUT2D eigenvalue weighted by molar-refractivity contribution is 0.0620. The number of aliphatic hydroxyl groups excluding tert-OH is 2. The molecule has 0 aromatic heterocycles. The van der Waals surface area contributed by atoms with Crippen molar-refractivity contribution in [2.75, 3.05) is 18.9 Å². The number of hydrogen-bond acceptors (Lipinski definition) is 4. The quantitative estimate of drug-likeness (QED) is 0.653. The molecule has 1 heterocycles. The van der Waals surface area contributed by atoms with Crippen LogP contribution in [0.3, 0.4) is 0 Å². The van der Waals surface area contributed by atoms with Crippen LogP contribution in [0.5, 0.6) is 0 Å². The van der Waals surface area contributed by atoms with Crippen LogP contribution in [-0.4, -0.2) is 54.0 Å². The van der Waals surface area contributed by atoms with Gasteiger partial charge in [0.2, 0.25) is 10.0 Å². The molecule has 0 aromatic carbocycles. The van der Waals surface area contributed by atoms with Gasteiger partial charge in [0.1, 0.15) is 0 Å². The third-order valence-corrected chi connectivity index (χ3v) is 4.47. The summed E-state index contributed by atoms with van der Waals surface area (Å²) < 4.78 is 24.4. The van der Waals surface area contributed by atoms with Gasteiger partial charge in [0, 0.05) is 6.54 Å². The highest BCUT2D eigenvalue weighted by atomic mass is 32.2. The van der Waals surface area contributed by atoms with Gasteiger partial charge in [-0.2, -0.15) is 4.31 Å². The Bertz CT molecular complexity index is 275. The van der Waals surface area contributed by atoms with Gasteiger partial charge >= 0.3 is 0 Å². The minimum absolute atomic E-state index is 0.121. The molecule has 1 rings (SSSR count). The highest BCUT2D eigenvalue weighted by molar-refractivity contribution is 7.89. The molecule has 1 aliphatic rings. The third kappa shape index (κ3) is 2.44. The van der Waals surface area contributed by atoms with Crippen LogP contribution in [0.15, 0.2) is 0 Å². The zero-order chi connectivity index (χ0) is 10.8. The maximum Gasteiger partial charge on any atom is 0.214 e. The third-order valence-electron chi connectivity index (χ3n) is 2.50. The molecular formula is C8H17NO4S. The molecule has 0 amide bonds. The Labute approximate surface area is 84.4 Å². The lowest BCUT2D eigenvalue weighted by Crippen LogP contribution is -2.51. The Morgan fingerprint density at radius 3 is 2.50 bits per heavy atom. The highest BCUT2D eigenvalue weighted by Crippen LogP contribution is 2.18. The molecule has 1 aliphatic heterocycles. The summed E-state index contributed by atoms with van der Waals surface area (Å²) in [5.41, 5.74) is 0. The average Bonchev–Trinajstić information content (AvgIpc) is 2.08. The number of hydrogen-bond donors (Lipinski definition) is 2. The van der Waals surface area contributed by atoms with E-state index in [1.807, 2.05) is 0 Å². The van der Waals surface area contributed by atoms with E-state index in [1.54, 1.807) is 0 Å². The van der Waals surface area contributed by atoms with E-state index in [0.29, 0.717) is 13.0 Å². The zero-order valence-electron chi connectivity index (χ0n) is 8.26. The topological polar surface area (TPSA) is 77.8 Å². The first-order chi connectivity index (χ1) is 6.49. The standard InChI is InChI=1S/C8H17NO4S/c1-7(11)8(6-10)9-4-2-3-5-14(9,12)13/h7-8,10-11H,2-6H2,1H3/t7-,8-/m1/s1. The molecule has 0 unspecified atom stereocenters. The fourth-order valence-electron chi connectivity index (χ4n) is 1.66. The van der Waals surface area contributed by atoms with Crippen molar-refractivity contribution in [2.45, 2.75) is 31.9 Å². The molecule has 0 aromatic rings. The van der Waals surface area contributed by atoms with Crippen LogP contribution < -0.4 is 0 Å². The fourth-order valence-corrected chi connectivity index (χ4v) is 3.53. The SMILES string of the molecule is C[C@@H](O)[C@@H](CO)N1CCCCS1(=O)=O. The second-order valence-electron chi connectivity index (χ2n) is 3.62. The van der Waals surface area contributed by atoms with Crippen LogP contribution in [0.1, 0.15) is 19.8 Å². The molecule has 84 valence electrons. The Morgan fingerprint density at radius 2 is 2.07 bits per heavy atom. The van der Waals surface area contributed by atoms with E-state index >= 15 is 0 Å². The minimum Gasteiger partial charge on any atom is -0.395 e. The van der Waals surface area contributed by atoms with Crippen molar-refractivity contribution >= 4 is 10.0 Å². The molecule has 0 bridgehead atoms. The van der Waals surface area contributed by atoms with Gasteiger partial charge in [-0.25, -0.2) is 8.42 Å². The summed E-state index contributed by atoms with van der Waals surface area (Å²) in [6.07, 6.45) is 0.618. The summed E-state index contributed by atoms with van der Waals surface area (Å²) in [6, 6.07) is -0.694. The number of nitrogens with zero attached hydrogens (tertiary/aromatic N) is 1. The van der Waals surface area contributed by atoms with E-state index in [0.717, 1.165) is 6.42 Å². The van der Waals surface area contributed by atoms with Crippen LogP contribution in [-0.2, 0) is 10.0 Å². The van der Waals surface area contributed by atoms with E-state index in [1.165, 1.54) is 11.2 Å². The van der Waals surface area contributed by atoms with Crippen molar-refractivity contribution in [3.05, 3.63) is 0 Å². The van der Waals surface area contributed by atoms with Crippen molar-refractivity contribution < 1.29 is 18.6 Å². The zero-order valence-corrected chi connectivity index (χ0v) is 9.07. The summed E-state index contributed by atoms with van der Waals surface area (Å²) in [5.74, 6) is 0.121. The Hall–Kier alpha value is -0.170. The molecule has 0 saturated carbocycles. The molecule has 14 heavy (non-hydrogen) atoms. The van der Waals surface area contributed by atoms with Crippen LogP contribution in [0.2, 0.25) is 0 Å². The van der Waals surface area contributed by atoms with Gasteiger partial charge < -0.3 is 10.2 Å². The molecule has 1 fully saturated rings. The summed E-state index contributed by atoms with van der Waals surface area (Å²) in [7, 11) is -3.27. The monoisotopic (exact) mass is 223 g/mol. The van der Waals surface area contributed by atoms with Crippen molar-refractivity contribution in [3.8, 4) is 0 Å². The fraction of sp³-hybridized carbons (Fsp3) is 1.00. The maximum atomic E-state index is 11.6. The van der Waals surface area contributed by atoms with Gasteiger partial charge in [-0.3, -0.25) is 0 Å². The first kappa shape index (κ1) is 11.9. The molecular weight excluding hydrogens is 206 g/mol. The van der Waals surface area contributed by atoms with Gasteiger partial charge in [0.25, 0.3) is 0 Å². The minimum atomic E-state index is -3.27. The first-order valence-corrected chi connectivity index (χ1v) is 6.38. The summed E-state index contributed by atoms with van der Waals surface area (Å²) in [6.45, 7) is 1.56. The molecule has 0 radical (unpaired) electrons. The van der Waals surface area contributed by atoms with E-state index in [4.69, 9.17) is 5.11 Å². The normalized spacial score (nSPS) is 27.1. The number of rotatable bonds is 3. The van der Waals surface area contributed by atoms with Gasteiger partial charge in [-0.1, -0.05) is 0 Å². The lowest BCUT2D eigenvalue weighted by Gasteiger charge is -2.34. The van der Waals surface area contributed by atoms with Crippen LogP contribution in [0.25, 0.3) is 0 Å². The average molecular weight is 223 g/mol. The van der Waals surface area contributed by atoms with Gasteiger partial charge in [0.15, 0.2) is 0 Å².